The number of carboxylic acid groups (broad SMARTS) is 1. The van der Waals surface area contributed by atoms with E-state index in [1.54, 1.807) is 0 Å². The predicted molar refractivity (Wildman–Crippen MR) is 90.9 cm³/mol. The van der Waals surface area contributed by atoms with Gasteiger partial charge < -0.3 is 10.4 Å². The molecular formula is C19H25NO3. The van der Waals surface area contributed by atoms with Crippen LogP contribution in [0.4, 0.5) is 0 Å². The topological polar surface area (TPSA) is 66.4 Å². The molecule has 124 valence electrons. The van der Waals surface area contributed by atoms with E-state index in [9.17, 15) is 14.7 Å². The second kappa shape index (κ2) is 8.51. The molecule has 0 spiro atoms. The van der Waals surface area contributed by atoms with Crippen LogP contribution in [0.25, 0.3) is 6.08 Å². The van der Waals surface area contributed by atoms with Gasteiger partial charge in [0.25, 0.3) is 0 Å². The van der Waals surface area contributed by atoms with Crippen molar-refractivity contribution in [2.45, 2.75) is 44.9 Å². The molecule has 1 aliphatic carbocycles. The molecule has 0 saturated heterocycles. The van der Waals surface area contributed by atoms with E-state index in [0.29, 0.717) is 25.7 Å². The van der Waals surface area contributed by atoms with Gasteiger partial charge in [-0.2, -0.15) is 0 Å². The van der Waals surface area contributed by atoms with Crippen LogP contribution in [0.15, 0.2) is 36.4 Å². The first-order valence-corrected chi connectivity index (χ1v) is 8.34. The maximum atomic E-state index is 11.9. The fraction of sp³-hybridized carbons (Fsp3) is 0.474. The Morgan fingerprint density at radius 1 is 1.13 bits per heavy atom. The van der Waals surface area contributed by atoms with Crippen molar-refractivity contribution in [2.24, 2.45) is 5.41 Å². The highest BCUT2D eigenvalue weighted by Gasteiger charge is 2.39. The van der Waals surface area contributed by atoms with Crippen LogP contribution in [0.3, 0.4) is 0 Å². The lowest BCUT2D eigenvalue weighted by molar-refractivity contribution is -0.151. The summed E-state index contributed by atoms with van der Waals surface area (Å²) in [7, 11) is 0. The van der Waals surface area contributed by atoms with Crippen molar-refractivity contribution in [2.75, 3.05) is 6.54 Å². The summed E-state index contributed by atoms with van der Waals surface area (Å²) < 4.78 is 0. The normalized spacial score (nSPS) is 17.0. The minimum atomic E-state index is -0.776. The SMILES string of the molecule is O=C(CC/C=C/c1ccccc1)NCC1(C(=O)O)CCCCC1. The van der Waals surface area contributed by atoms with Crippen LogP contribution in [-0.2, 0) is 9.59 Å². The maximum absolute atomic E-state index is 11.9. The Kier molecular flexibility index (Phi) is 6.39. The monoisotopic (exact) mass is 315 g/mol. The number of amides is 1. The van der Waals surface area contributed by atoms with Crippen molar-refractivity contribution < 1.29 is 14.7 Å². The zero-order valence-corrected chi connectivity index (χ0v) is 13.5. The highest BCUT2D eigenvalue weighted by molar-refractivity contribution is 5.79. The molecule has 4 heteroatoms. The van der Waals surface area contributed by atoms with Crippen LogP contribution >= 0.6 is 0 Å². The quantitative estimate of drug-likeness (QED) is 0.807. The number of carbonyl (C=O) groups excluding carboxylic acids is 1. The van der Waals surface area contributed by atoms with E-state index < -0.39 is 11.4 Å². The summed E-state index contributed by atoms with van der Waals surface area (Å²) in [6.07, 6.45) is 9.29. The zero-order valence-electron chi connectivity index (χ0n) is 13.5. The second-order valence-electron chi connectivity index (χ2n) is 6.27. The zero-order chi connectivity index (χ0) is 16.5. The van der Waals surface area contributed by atoms with Gasteiger partial charge in [0.05, 0.1) is 5.41 Å². The smallest absolute Gasteiger partial charge is 0.311 e. The highest BCUT2D eigenvalue weighted by Crippen LogP contribution is 2.36. The Bertz CT molecular complexity index is 545. The van der Waals surface area contributed by atoms with Gasteiger partial charge in [0.1, 0.15) is 0 Å². The molecule has 23 heavy (non-hydrogen) atoms. The minimum absolute atomic E-state index is 0.0751. The van der Waals surface area contributed by atoms with Crippen molar-refractivity contribution in [1.29, 1.82) is 0 Å². The standard InChI is InChI=1S/C19H25NO3/c21-17(12-6-5-11-16-9-3-1-4-10-16)20-15-19(18(22)23)13-7-2-8-14-19/h1,3-5,9-11H,2,6-8,12-15H2,(H,20,21)(H,22,23)/b11-5+. The van der Waals surface area contributed by atoms with Crippen LogP contribution in [0.5, 0.6) is 0 Å². The summed E-state index contributed by atoms with van der Waals surface area (Å²) in [5.41, 5.74) is 0.355. The lowest BCUT2D eigenvalue weighted by Crippen LogP contribution is -2.44. The van der Waals surface area contributed by atoms with E-state index in [1.807, 2.05) is 42.5 Å². The fourth-order valence-corrected chi connectivity index (χ4v) is 3.05. The maximum Gasteiger partial charge on any atom is 0.311 e. The van der Waals surface area contributed by atoms with E-state index in [4.69, 9.17) is 0 Å². The van der Waals surface area contributed by atoms with Crippen molar-refractivity contribution in [3.8, 4) is 0 Å². The van der Waals surface area contributed by atoms with E-state index in [1.165, 1.54) is 0 Å². The predicted octanol–water partition coefficient (Wildman–Crippen LogP) is 3.63. The molecule has 0 aliphatic heterocycles. The molecule has 1 saturated carbocycles. The number of benzene rings is 1. The largest absolute Gasteiger partial charge is 0.481 e. The van der Waals surface area contributed by atoms with Crippen molar-refractivity contribution in [3.05, 3.63) is 42.0 Å². The average molecular weight is 315 g/mol. The first-order valence-electron chi connectivity index (χ1n) is 8.34. The summed E-state index contributed by atoms with van der Waals surface area (Å²) in [5, 5.41) is 12.3. The molecule has 1 fully saturated rings. The molecule has 0 unspecified atom stereocenters. The summed E-state index contributed by atoms with van der Waals surface area (Å²) in [6, 6.07) is 9.94. The number of carbonyl (C=O) groups is 2. The molecule has 4 nitrogen and oxygen atoms in total. The first-order chi connectivity index (χ1) is 11.1. The van der Waals surface area contributed by atoms with Crippen LogP contribution < -0.4 is 5.32 Å². The van der Waals surface area contributed by atoms with Crippen molar-refractivity contribution in [3.63, 3.8) is 0 Å². The third kappa shape index (κ3) is 5.23. The van der Waals surface area contributed by atoms with Crippen molar-refractivity contribution in [1.82, 2.24) is 5.32 Å². The third-order valence-corrected chi connectivity index (χ3v) is 4.54. The van der Waals surface area contributed by atoms with Gasteiger partial charge in [0.2, 0.25) is 5.91 Å². The van der Waals surface area contributed by atoms with E-state index >= 15 is 0 Å². The van der Waals surface area contributed by atoms with E-state index in [2.05, 4.69) is 5.32 Å². The van der Waals surface area contributed by atoms with Gasteiger partial charge in [0.15, 0.2) is 0 Å². The van der Waals surface area contributed by atoms with Gasteiger partial charge in [-0.3, -0.25) is 9.59 Å². The molecule has 1 aliphatic rings. The first kappa shape index (κ1) is 17.3. The average Bonchev–Trinajstić information content (AvgIpc) is 2.58. The number of carboxylic acids is 1. The Morgan fingerprint density at radius 2 is 1.83 bits per heavy atom. The molecule has 2 N–H and O–H groups in total. The lowest BCUT2D eigenvalue weighted by atomic mass is 9.74. The van der Waals surface area contributed by atoms with Gasteiger partial charge in [-0.25, -0.2) is 0 Å². The summed E-state index contributed by atoms with van der Waals surface area (Å²) in [6.45, 7) is 0.254. The molecule has 0 aromatic heterocycles. The highest BCUT2D eigenvalue weighted by atomic mass is 16.4. The van der Waals surface area contributed by atoms with E-state index in [0.717, 1.165) is 24.8 Å². The Morgan fingerprint density at radius 3 is 2.48 bits per heavy atom. The van der Waals surface area contributed by atoms with Gasteiger partial charge in [-0.15, -0.1) is 0 Å². The van der Waals surface area contributed by atoms with Gasteiger partial charge in [-0.1, -0.05) is 61.7 Å². The van der Waals surface area contributed by atoms with Crippen LogP contribution in [0, 0.1) is 5.41 Å². The Hall–Kier alpha value is -2.10. The number of allylic oxidation sites excluding steroid dienone is 1. The number of hydrogen-bond donors (Lipinski definition) is 2. The van der Waals surface area contributed by atoms with Crippen molar-refractivity contribution >= 4 is 18.0 Å². The number of hydrogen-bond acceptors (Lipinski definition) is 2. The molecule has 1 aromatic rings. The number of nitrogens with one attached hydrogen (secondary N) is 1. The Balaban J connectivity index is 1.74. The van der Waals surface area contributed by atoms with Gasteiger partial charge >= 0.3 is 5.97 Å². The molecule has 0 radical (unpaired) electrons. The van der Waals surface area contributed by atoms with Crippen LogP contribution in [0.1, 0.15) is 50.5 Å². The van der Waals surface area contributed by atoms with Gasteiger partial charge in [0, 0.05) is 13.0 Å². The molecule has 1 aromatic carbocycles. The van der Waals surface area contributed by atoms with Crippen LogP contribution in [-0.4, -0.2) is 23.5 Å². The number of aliphatic carboxylic acids is 1. The van der Waals surface area contributed by atoms with E-state index in [-0.39, 0.29) is 12.5 Å². The second-order valence-corrected chi connectivity index (χ2v) is 6.27. The summed E-state index contributed by atoms with van der Waals surface area (Å²) in [4.78, 5) is 23.5. The van der Waals surface area contributed by atoms with Gasteiger partial charge in [-0.05, 0) is 24.8 Å². The Labute approximate surface area is 137 Å². The molecular weight excluding hydrogens is 290 g/mol. The summed E-state index contributed by atoms with van der Waals surface area (Å²) in [5.74, 6) is -0.851. The molecule has 0 bridgehead atoms. The number of rotatable bonds is 7. The fourth-order valence-electron chi connectivity index (χ4n) is 3.05. The molecule has 0 atom stereocenters. The third-order valence-electron chi connectivity index (χ3n) is 4.54. The molecule has 0 heterocycles. The van der Waals surface area contributed by atoms with Crippen LogP contribution in [0.2, 0.25) is 0 Å². The lowest BCUT2D eigenvalue weighted by Gasteiger charge is -2.33. The molecule has 1 amide bonds. The summed E-state index contributed by atoms with van der Waals surface area (Å²) >= 11 is 0. The minimum Gasteiger partial charge on any atom is -0.481 e. The molecule has 2 rings (SSSR count).